The van der Waals surface area contributed by atoms with Gasteiger partial charge in [0.15, 0.2) is 0 Å². The molecule has 336 valence electrons. The van der Waals surface area contributed by atoms with E-state index in [0.29, 0.717) is 0 Å². The molecule has 1 N–H and O–H groups in total. The summed E-state index contributed by atoms with van der Waals surface area (Å²) in [6.45, 7) is 6.90. The summed E-state index contributed by atoms with van der Waals surface area (Å²) in [6, 6.07) is 0. The van der Waals surface area contributed by atoms with Crippen molar-refractivity contribution in [2.75, 3.05) is 0 Å². The maximum absolute atomic E-state index is 13.0. The van der Waals surface area contributed by atoms with Crippen LogP contribution >= 0.6 is 0 Å². The van der Waals surface area contributed by atoms with Gasteiger partial charge in [-0.1, -0.05) is 316 Å². The third-order valence-electron chi connectivity index (χ3n) is 13.5. The van der Waals surface area contributed by atoms with Gasteiger partial charge in [0.25, 0.3) is 0 Å². The van der Waals surface area contributed by atoms with E-state index in [1.165, 1.54) is 276 Å². The summed E-state index contributed by atoms with van der Waals surface area (Å²) in [5.41, 5.74) is -0.469. The second-order valence-electron chi connectivity index (χ2n) is 19.0. The van der Waals surface area contributed by atoms with Crippen LogP contribution in [0.1, 0.15) is 335 Å². The Labute approximate surface area is 355 Å². The fourth-order valence-electron chi connectivity index (χ4n) is 9.38. The summed E-state index contributed by atoms with van der Waals surface area (Å²) in [4.78, 5) is 13.0. The Hall–Kier alpha value is -0.530. The summed E-state index contributed by atoms with van der Waals surface area (Å²) < 4.78 is 0. The Bertz CT molecular complexity index is 694. The molecule has 0 rings (SSSR count). The van der Waals surface area contributed by atoms with Crippen LogP contribution in [0.15, 0.2) is 0 Å². The van der Waals surface area contributed by atoms with Crippen LogP contribution in [-0.2, 0) is 4.79 Å². The van der Waals surface area contributed by atoms with Crippen LogP contribution in [-0.4, -0.2) is 11.1 Å². The van der Waals surface area contributed by atoms with Crippen LogP contribution in [0, 0.1) is 5.41 Å². The van der Waals surface area contributed by atoms with Crippen molar-refractivity contribution in [2.24, 2.45) is 5.41 Å². The molecule has 0 unspecified atom stereocenters. The fourth-order valence-corrected chi connectivity index (χ4v) is 9.38. The lowest BCUT2D eigenvalue weighted by molar-refractivity contribution is -0.150. The van der Waals surface area contributed by atoms with E-state index < -0.39 is 11.4 Å². The van der Waals surface area contributed by atoms with E-state index in [-0.39, 0.29) is 0 Å². The van der Waals surface area contributed by atoms with Crippen molar-refractivity contribution < 1.29 is 9.90 Å². The molecule has 56 heavy (non-hydrogen) atoms. The first-order valence-corrected chi connectivity index (χ1v) is 26.9. The highest BCUT2D eigenvalue weighted by atomic mass is 16.4. The smallest absolute Gasteiger partial charge is 0.309 e. The van der Waals surface area contributed by atoms with Crippen molar-refractivity contribution >= 4 is 5.97 Å². The van der Waals surface area contributed by atoms with Gasteiger partial charge < -0.3 is 5.11 Å². The van der Waals surface area contributed by atoms with Crippen LogP contribution in [0.3, 0.4) is 0 Å². The number of unbranched alkanes of at least 4 members (excludes halogenated alkanes) is 43. The molecule has 0 atom stereocenters. The third-order valence-corrected chi connectivity index (χ3v) is 13.5. The lowest BCUT2D eigenvalue weighted by Crippen LogP contribution is -2.31. The van der Waals surface area contributed by atoms with Crippen LogP contribution in [0.4, 0.5) is 0 Å². The molecule has 0 aliphatic carbocycles. The second kappa shape index (κ2) is 47.2. The Morgan fingerprint density at radius 2 is 0.375 bits per heavy atom. The number of carboxylic acids is 1. The summed E-state index contributed by atoms with van der Waals surface area (Å²) in [5.74, 6) is -0.478. The number of rotatable bonds is 50. The monoisotopic (exact) mass is 789 g/mol. The van der Waals surface area contributed by atoms with Gasteiger partial charge in [-0.15, -0.1) is 0 Å². The summed E-state index contributed by atoms with van der Waals surface area (Å²) >= 11 is 0. The van der Waals surface area contributed by atoms with Crippen molar-refractivity contribution in [3.05, 3.63) is 0 Å². The molecule has 0 aromatic rings. The van der Waals surface area contributed by atoms with E-state index in [1.54, 1.807) is 0 Å². The molecule has 0 fully saturated rings. The summed E-state index contributed by atoms with van der Waals surface area (Å²) in [5, 5.41) is 10.7. The predicted molar refractivity (Wildman–Crippen MR) is 253 cm³/mol. The third kappa shape index (κ3) is 40.3. The molecule has 0 aliphatic heterocycles. The van der Waals surface area contributed by atoms with Crippen molar-refractivity contribution in [3.63, 3.8) is 0 Å². The van der Waals surface area contributed by atoms with E-state index in [2.05, 4.69) is 20.8 Å². The van der Waals surface area contributed by atoms with E-state index in [4.69, 9.17) is 0 Å². The SMILES string of the molecule is CCCCCCCCCCCCCCCCCCC(CCCCCCCCCCCCCCCC)(CCCCCCCCCCCCCCCCCC)C(=O)O. The quantitative estimate of drug-likeness (QED) is 0.0624. The van der Waals surface area contributed by atoms with Crippen molar-refractivity contribution in [2.45, 2.75) is 335 Å². The van der Waals surface area contributed by atoms with Crippen molar-refractivity contribution in [1.82, 2.24) is 0 Å². The molecule has 0 amide bonds. The zero-order valence-electron chi connectivity index (χ0n) is 39.5. The van der Waals surface area contributed by atoms with Gasteiger partial charge in [0.05, 0.1) is 5.41 Å². The molecule has 0 aliphatic rings. The zero-order valence-corrected chi connectivity index (χ0v) is 39.5. The number of aliphatic carboxylic acids is 1. The average molecular weight is 789 g/mol. The van der Waals surface area contributed by atoms with Crippen LogP contribution < -0.4 is 0 Å². The van der Waals surface area contributed by atoms with Crippen LogP contribution in [0.2, 0.25) is 0 Å². The predicted octanol–water partition coefficient (Wildman–Crippen LogP) is 20.2. The van der Waals surface area contributed by atoms with Gasteiger partial charge in [-0.25, -0.2) is 0 Å². The summed E-state index contributed by atoms with van der Waals surface area (Å²) in [7, 11) is 0. The summed E-state index contributed by atoms with van der Waals surface area (Å²) in [6.07, 6.45) is 65.8. The number of hydrogen-bond donors (Lipinski definition) is 1. The fraction of sp³-hybridized carbons (Fsp3) is 0.981. The molecule has 0 spiro atoms. The van der Waals surface area contributed by atoms with E-state index in [0.717, 1.165) is 38.5 Å². The maximum atomic E-state index is 13.0. The molecule has 0 heterocycles. The number of hydrogen-bond acceptors (Lipinski definition) is 1. The minimum Gasteiger partial charge on any atom is -0.481 e. The molecule has 0 aromatic carbocycles. The van der Waals surface area contributed by atoms with E-state index in [9.17, 15) is 9.90 Å². The zero-order chi connectivity index (χ0) is 40.7. The highest BCUT2D eigenvalue weighted by molar-refractivity contribution is 5.74. The molecule has 0 aromatic heterocycles. The number of carboxylic acid groups (broad SMARTS) is 1. The molecule has 0 saturated carbocycles. The van der Waals surface area contributed by atoms with E-state index >= 15 is 0 Å². The van der Waals surface area contributed by atoms with Gasteiger partial charge in [0.2, 0.25) is 0 Å². The lowest BCUT2D eigenvalue weighted by atomic mass is 9.74. The molecule has 0 radical (unpaired) electrons. The Balaban J connectivity index is 4.32. The lowest BCUT2D eigenvalue weighted by Gasteiger charge is -2.30. The average Bonchev–Trinajstić information content (AvgIpc) is 3.20. The molecular formula is C54H108O2. The molecule has 2 nitrogen and oxygen atoms in total. The van der Waals surface area contributed by atoms with E-state index in [1.807, 2.05) is 0 Å². The van der Waals surface area contributed by atoms with Gasteiger partial charge >= 0.3 is 5.97 Å². The molecule has 0 saturated heterocycles. The minimum atomic E-state index is -0.478. The topological polar surface area (TPSA) is 37.3 Å². The second-order valence-corrected chi connectivity index (χ2v) is 19.0. The molecule has 0 bridgehead atoms. The van der Waals surface area contributed by atoms with Crippen molar-refractivity contribution in [1.29, 1.82) is 0 Å². The van der Waals surface area contributed by atoms with Gasteiger partial charge in [0.1, 0.15) is 0 Å². The molecular weight excluding hydrogens is 681 g/mol. The van der Waals surface area contributed by atoms with Gasteiger partial charge in [-0.3, -0.25) is 4.79 Å². The van der Waals surface area contributed by atoms with Gasteiger partial charge in [-0.2, -0.15) is 0 Å². The minimum absolute atomic E-state index is 0.469. The number of carbonyl (C=O) groups is 1. The standard InChI is InChI=1S/C54H108O2/c1-4-7-10-13-16-19-22-25-28-30-33-36-39-42-45-48-51-54(53(55)56,50-47-44-41-38-35-32-27-24-21-18-15-12-9-6-3)52-49-46-43-40-37-34-31-29-26-23-20-17-14-11-8-5-2/h4-52H2,1-3H3,(H,55,56). The van der Waals surface area contributed by atoms with Crippen molar-refractivity contribution in [3.8, 4) is 0 Å². The van der Waals surface area contributed by atoms with Gasteiger partial charge in [0, 0.05) is 0 Å². The first-order chi connectivity index (χ1) is 27.6. The largest absolute Gasteiger partial charge is 0.481 e. The normalized spacial score (nSPS) is 11.9. The molecule has 2 heteroatoms. The van der Waals surface area contributed by atoms with Crippen LogP contribution in [0.5, 0.6) is 0 Å². The Morgan fingerprint density at radius 3 is 0.500 bits per heavy atom. The first kappa shape index (κ1) is 55.5. The van der Waals surface area contributed by atoms with Crippen LogP contribution in [0.25, 0.3) is 0 Å². The Morgan fingerprint density at radius 1 is 0.250 bits per heavy atom. The highest BCUT2D eigenvalue weighted by Crippen LogP contribution is 2.38. The Kier molecular flexibility index (Phi) is 46.7. The first-order valence-electron chi connectivity index (χ1n) is 26.9. The maximum Gasteiger partial charge on any atom is 0.309 e. The highest BCUT2D eigenvalue weighted by Gasteiger charge is 2.36. The van der Waals surface area contributed by atoms with Gasteiger partial charge in [-0.05, 0) is 19.3 Å².